The molecular formula is C11H15N3O2S. The summed E-state index contributed by atoms with van der Waals surface area (Å²) in [5.41, 5.74) is 5.26. The minimum Gasteiger partial charge on any atom is -0.393 e. The van der Waals surface area contributed by atoms with Crippen LogP contribution in [0.25, 0.3) is 0 Å². The van der Waals surface area contributed by atoms with Crippen molar-refractivity contribution >= 4 is 23.1 Å². The lowest BCUT2D eigenvalue weighted by Crippen LogP contribution is -2.41. The molecule has 0 saturated carbocycles. The van der Waals surface area contributed by atoms with Crippen LogP contribution in [0.4, 0.5) is 0 Å². The Morgan fingerprint density at radius 2 is 2.18 bits per heavy atom. The van der Waals surface area contributed by atoms with Crippen molar-refractivity contribution < 1.29 is 4.79 Å². The number of aromatic amines is 1. The van der Waals surface area contributed by atoms with Gasteiger partial charge >= 0.3 is 0 Å². The van der Waals surface area contributed by atoms with E-state index in [9.17, 15) is 9.59 Å². The number of hydrogen-bond donors (Lipinski definition) is 3. The summed E-state index contributed by atoms with van der Waals surface area (Å²) in [6.07, 6.45) is 1.37. The molecule has 0 aliphatic heterocycles. The summed E-state index contributed by atoms with van der Waals surface area (Å²) in [6, 6.07) is 2.76. The third-order valence-electron chi connectivity index (χ3n) is 2.40. The van der Waals surface area contributed by atoms with E-state index in [1.54, 1.807) is 0 Å². The zero-order valence-corrected chi connectivity index (χ0v) is 10.6. The molecule has 92 valence electrons. The van der Waals surface area contributed by atoms with Gasteiger partial charge in [-0.1, -0.05) is 26.1 Å². The smallest absolute Gasteiger partial charge is 0.252 e. The molecule has 0 aliphatic rings. The molecule has 17 heavy (non-hydrogen) atoms. The van der Waals surface area contributed by atoms with Gasteiger partial charge in [0.15, 0.2) is 0 Å². The summed E-state index contributed by atoms with van der Waals surface area (Å²) in [5.74, 6) is -0.273. The van der Waals surface area contributed by atoms with E-state index in [0.717, 1.165) is 0 Å². The van der Waals surface area contributed by atoms with Gasteiger partial charge in [-0.25, -0.2) is 0 Å². The fourth-order valence-electron chi connectivity index (χ4n) is 1.04. The van der Waals surface area contributed by atoms with E-state index in [-0.39, 0.29) is 11.5 Å². The van der Waals surface area contributed by atoms with E-state index in [1.165, 1.54) is 18.3 Å². The lowest BCUT2D eigenvalue weighted by molar-refractivity contribution is 0.0944. The third kappa shape index (κ3) is 3.67. The summed E-state index contributed by atoms with van der Waals surface area (Å²) >= 11 is 4.90. The van der Waals surface area contributed by atoms with E-state index < -0.39 is 5.41 Å². The molecule has 1 rings (SSSR count). The number of amides is 1. The van der Waals surface area contributed by atoms with Gasteiger partial charge in [0.05, 0.1) is 10.6 Å². The van der Waals surface area contributed by atoms with Crippen molar-refractivity contribution in [1.82, 2.24) is 10.3 Å². The molecule has 0 atom stereocenters. The predicted octanol–water partition coefficient (Wildman–Crippen LogP) is 0.417. The quantitative estimate of drug-likeness (QED) is 0.678. The second kappa shape index (κ2) is 5.09. The second-order valence-electron chi connectivity index (χ2n) is 4.37. The van der Waals surface area contributed by atoms with Gasteiger partial charge in [0.1, 0.15) is 0 Å². The molecule has 0 unspecified atom stereocenters. The van der Waals surface area contributed by atoms with Crippen molar-refractivity contribution in [2.75, 3.05) is 6.54 Å². The van der Waals surface area contributed by atoms with Gasteiger partial charge in [-0.3, -0.25) is 9.59 Å². The fraction of sp³-hybridized carbons (Fsp3) is 0.364. The number of H-pyrrole nitrogens is 1. The number of thiocarbonyl (C=S) groups is 1. The van der Waals surface area contributed by atoms with E-state index in [0.29, 0.717) is 17.1 Å². The molecule has 4 N–H and O–H groups in total. The summed E-state index contributed by atoms with van der Waals surface area (Å²) in [6.45, 7) is 4.05. The zero-order valence-electron chi connectivity index (χ0n) is 9.74. The Labute approximate surface area is 104 Å². The van der Waals surface area contributed by atoms with Gasteiger partial charge in [-0.05, 0) is 6.07 Å². The topological polar surface area (TPSA) is 88.0 Å². The average molecular weight is 253 g/mol. The summed E-state index contributed by atoms with van der Waals surface area (Å²) in [4.78, 5) is 25.3. The van der Waals surface area contributed by atoms with Crippen LogP contribution in [0.3, 0.4) is 0 Å². The normalized spacial score (nSPS) is 10.9. The molecule has 1 heterocycles. The van der Waals surface area contributed by atoms with Crippen molar-refractivity contribution in [2.24, 2.45) is 11.1 Å². The highest BCUT2D eigenvalue weighted by Gasteiger charge is 2.22. The van der Waals surface area contributed by atoms with Crippen LogP contribution in [0.5, 0.6) is 0 Å². The Balaban J connectivity index is 2.65. The minimum atomic E-state index is -0.437. The Hall–Kier alpha value is -1.69. The van der Waals surface area contributed by atoms with Gasteiger partial charge in [0.25, 0.3) is 5.91 Å². The second-order valence-corrected chi connectivity index (χ2v) is 4.81. The van der Waals surface area contributed by atoms with Gasteiger partial charge in [0.2, 0.25) is 5.56 Å². The third-order valence-corrected chi connectivity index (χ3v) is 2.96. The monoisotopic (exact) mass is 253 g/mol. The first-order valence-electron chi connectivity index (χ1n) is 5.10. The van der Waals surface area contributed by atoms with Crippen LogP contribution in [-0.2, 0) is 0 Å². The lowest BCUT2D eigenvalue weighted by atomic mass is 9.93. The Morgan fingerprint density at radius 3 is 2.65 bits per heavy atom. The zero-order chi connectivity index (χ0) is 13.1. The largest absolute Gasteiger partial charge is 0.393 e. The van der Waals surface area contributed by atoms with Crippen LogP contribution in [0.2, 0.25) is 0 Å². The number of aromatic nitrogens is 1. The Morgan fingerprint density at radius 1 is 1.53 bits per heavy atom. The van der Waals surface area contributed by atoms with Gasteiger partial charge < -0.3 is 16.0 Å². The number of hydrogen-bond acceptors (Lipinski definition) is 3. The van der Waals surface area contributed by atoms with Crippen LogP contribution >= 0.6 is 12.2 Å². The number of pyridine rings is 1. The van der Waals surface area contributed by atoms with Crippen molar-refractivity contribution in [3.8, 4) is 0 Å². The summed E-state index contributed by atoms with van der Waals surface area (Å²) < 4.78 is 0. The van der Waals surface area contributed by atoms with Crippen LogP contribution in [0.15, 0.2) is 23.1 Å². The van der Waals surface area contributed by atoms with Crippen molar-refractivity contribution in [1.29, 1.82) is 0 Å². The molecule has 0 aromatic carbocycles. The molecule has 1 aromatic heterocycles. The van der Waals surface area contributed by atoms with E-state index in [2.05, 4.69) is 10.3 Å². The lowest BCUT2D eigenvalue weighted by Gasteiger charge is -2.23. The first-order chi connectivity index (χ1) is 7.83. The number of carbonyl (C=O) groups is 1. The fourth-order valence-corrected chi connectivity index (χ4v) is 1.11. The Bertz CT molecular complexity index is 473. The molecule has 0 radical (unpaired) electrons. The standard InChI is InChI=1S/C11H15N3O2S/c1-11(2,10(12)17)6-14-9(16)7-3-4-8(15)13-5-7/h3-5H,6H2,1-2H3,(H2,12,17)(H,13,15)(H,14,16). The van der Waals surface area contributed by atoms with Crippen LogP contribution < -0.4 is 16.6 Å². The molecule has 0 spiro atoms. The van der Waals surface area contributed by atoms with Crippen molar-refractivity contribution in [3.05, 3.63) is 34.2 Å². The molecule has 6 heteroatoms. The molecule has 0 bridgehead atoms. The summed E-state index contributed by atoms with van der Waals surface area (Å²) in [5, 5.41) is 2.71. The molecule has 0 saturated heterocycles. The molecule has 0 aliphatic carbocycles. The maximum Gasteiger partial charge on any atom is 0.252 e. The first-order valence-corrected chi connectivity index (χ1v) is 5.50. The first kappa shape index (κ1) is 13.4. The SMILES string of the molecule is CC(C)(CNC(=O)c1ccc(=O)[nH]c1)C(N)=S. The molecule has 5 nitrogen and oxygen atoms in total. The highest BCUT2D eigenvalue weighted by Crippen LogP contribution is 2.13. The maximum absolute atomic E-state index is 11.7. The number of nitrogens with two attached hydrogens (primary N) is 1. The van der Waals surface area contributed by atoms with E-state index in [1.807, 2.05) is 13.8 Å². The highest BCUT2D eigenvalue weighted by atomic mass is 32.1. The van der Waals surface area contributed by atoms with Crippen LogP contribution in [0, 0.1) is 5.41 Å². The predicted molar refractivity (Wildman–Crippen MR) is 70.0 cm³/mol. The number of nitrogens with one attached hydrogen (secondary N) is 2. The highest BCUT2D eigenvalue weighted by molar-refractivity contribution is 7.80. The van der Waals surface area contributed by atoms with Crippen molar-refractivity contribution in [2.45, 2.75) is 13.8 Å². The van der Waals surface area contributed by atoms with Gasteiger partial charge in [-0.2, -0.15) is 0 Å². The molecular weight excluding hydrogens is 238 g/mol. The van der Waals surface area contributed by atoms with Crippen LogP contribution in [0.1, 0.15) is 24.2 Å². The molecule has 1 aromatic rings. The average Bonchev–Trinajstić information content (AvgIpc) is 2.27. The van der Waals surface area contributed by atoms with Crippen molar-refractivity contribution in [3.63, 3.8) is 0 Å². The minimum absolute atomic E-state index is 0.245. The number of rotatable bonds is 4. The van der Waals surface area contributed by atoms with Crippen LogP contribution in [-0.4, -0.2) is 22.4 Å². The van der Waals surface area contributed by atoms with Gasteiger partial charge in [0, 0.05) is 24.2 Å². The molecule has 1 amide bonds. The summed E-state index contributed by atoms with van der Waals surface area (Å²) in [7, 11) is 0. The van der Waals surface area contributed by atoms with E-state index in [4.69, 9.17) is 18.0 Å². The Kier molecular flexibility index (Phi) is 4.01. The van der Waals surface area contributed by atoms with Gasteiger partial charge in [-0.15, -0.1) is 0 Å². The maximum atomic E-state index is 11.7. The molecule has 0 fully saturated rings. The number of carbonyl (C=O) groups excluding carboxylic acids is 1. The van der Waals surface area contributed by atoms with E-state index >= 15 is 0 Å².